The van der Waals surface area contributed by atoms with Crippen LogP contribution in [0.15, 0.2) is 46.9 Å². The molecule has 6 heteroatoms. The fraction of sp³-hybridized carbons (Fsp3) is 0.316. The fourth-order valence-corrected chi connectivity index (χ4v) is 3.32. The number of hydrogen-bond acceptors (Lipinski definition) is 2. The van der Waals surface area contributed by atoms with E-state index in [1.54, 1.807) is 17.0 Å². The lowest BCUT2D eigenvalue weighted by Crippen LogP contribution is -2.43. The molecule has 1 aliphatic rings. The predicted molar refractivity (Wildman–Crippen MR) is 94.2 cm³/mol. The quantitative estimate of drug-likeness (QED) is 0.741. The van der Waals surface area contributed by atoms with Crippen LogP contribution in [0.3, 0.4) is 0 Å². The minimum atomic E-state index is -0.491. The average molecular weight is 410 g/mol. The molecule has 0 N–H and O–H groups in total. The van der Waals surface area contributed by atoms with E-state index >= 15 is 0 Å². The summed E-state index contributed by atoms with van der Waals surface area (Å²) in [6.07, 6.45) is 1.42. The molecule has 2 aromatic carbocycles. The summed E-state index contributed by atoms with van der Waals surface area (Å²) >= 11 is 3.37. The molecule has 0 unspecified atom stereocenters. The van der Waals surface area contributed by atoms with Gasteiger partial charge in [0.1, 0.15) is 11.6 Å². The van der Waals surface area contributed by atoms with Gasteiger partial charge in [0, 0.05) is 28.7 Å². The van der Waals surface area contributed by atoms with Crippen LogP contribution in [-0.2, 0) is 11.3 Å². The number of rotatable bonds is 4. The van der Waals surface area contributed by atoms with E-state index < -0.39 is 11.6 Å². The molecule has 1 heterocycles. The van der Waals surface area contributed by atoms with Gasteiger partial charge >= 0.3 is 0 Å². The van der Waals surface area contributed by atoms with E-state index in [1.165, 1.54) is 0 Å². The van der Waals surface area contributed by atoms with Gasteiger partial charge in [0.15, 0.2) is 0 Å². The smallest absolute Gasteiger partial charge is 0.253 e. The van der Waals surface area contributed by atoms with Crippen molar-refractivity contribution in [2.75, 3.05) is 13.1 Å². The summed E-state index contributed by atoms with van der Waals surface area (Å²) in [6, 6.07) is 10.6. The largest absolute Gasteiger partial charge is 0.372 e. The van der Waals surface area contributed by atoms with Crippen molar-refractivity contribution in [2.45, 2.75) is 25.6 Å². The predicted octanol–water partition coefficient (Wildman–Crippen LogP) is 4.55. The highest BCUT2D eigenvalue weighted by Gasteiger charge is 2.25. The monoisotopic (exact) mass is 409 g/mol. The van der Waals surface area contributed by atoms with E-state index in [1.807, 2.05) is 12.1 Å². The molecule has 1 fully saturated rings. The third kappa shape index (κ3) is 4.64. The standard InChI is InChI=1S/C19H18BrF2NO2/c20-15-4-1-3-13(9-15)19(24)23-8-2-5-17(11-23)25-12-14-10-16(21)6-7-18(14)22/h1,3-4,6-7,9-10,17H,2,5,8,11-12H2/t17-/m1/s1. The molecule has 25 heavy (non-hydrogen) atoms. The lowest BCUT2D eigenvalue weighted by atomic mass is 10.1. The van der Waals surface area contributed by atoms with Gasteiger partial charge in [-0.2, -0.15) is 0 Å². The molecule has 132 valence electrons. The molecule has 3 rings (SSSR count). The van der Waals surface area contributed by atoms with Gasteiger partial charge in [-0.3, -0.25) is 4.79 Å². The molecule has 1 saturated heterocycles. The van der Waals surface area contributed by atoms with Crippen molar-refractivity contribution in [3.05, 3.63) is 69.7 Å². The zero-order valence-electron chi connectivity index (χ0n) is 13.6. The molecule has 1 aliphatic heterocycles. The van der Waals surface area contributed by atoms with Crippen molar-refractivity contribution >= 4 is 21.8 Å². The first-order valence-corrected chi connectivity index (χ1v) is 8.92. The van der Waals surface area contributed by atoms with Crippen LogP contribution < -0.4 is 0 Å². The maximum Gasteiger partial charge on any atom is 0.253 e. The first-order valence-electron chi connectivity index (χ1n) is 8.13. The van der Waals surface area contributed by atoms with Gasteiger partial charge in [-0.05, 0) is 49.2 Å². The topological polar surface area (TPSA) is 29.5 Å². The highest BCUT2D eigenvalue weighted by atomic mass is 79.9. The van der Waals surface area contributed by atoms with Crippen LogP contribution in [0.5, 0.6) is 0 Å². The number of hydrogen-bond donors (Lipinski definition) is 0. The summed E-state index contributed by atoms with van der Waals surface area (Å²) in [5.41, 5.74) is 0.807. The van der Waals surface area contributed by atoms with E-state index in [4.69, 9.17) is 4.74 Å². The second kappa shape index (κ2) is 8.06. The highest BCUT2D eigenvalue weighted by molar-refractivity contribution is 9.10. The summed E-state index contributed by atoms with van der Waals surface area (Å²) in [7, 11) is 0. The van der Waals surface area contributed by atoms with Gasteiger partial charge in [0.25, 0.3) is 5.91 Å². The normalized spacial score (nSPS) is 17.6. The first-order chi connectivity index (χ1) is 12.0. The van der Waals surface area contributed by atoms with Crippen molar-refractivity contribution in [3.8, 4) is 0 Å². The van der Waals surface area contributed by atoms with Crippen LogP contribution in [0.2, 0.25) is 0 Å². The Morgan fingerprint density at radius 2 is 2.08 bits per heavy atom. The molecule has 3 nitrogen and oxygen atoms in total. The van der Waals surface area contributed by atoms with Crippen molar-refractivity contribution in [2.24, 2.45) is 0 Å². The Kier molecular flexibility index (Phi) is 5.81. The summed E-state index contributed by atoms with van der Waals surface area (Å²) in [6.45, 7) is 1.11. The van der Waals surface area contributed by atoms with Gasteiger partial charge in [-0.25, -0.2) is 8.78 Å². The molecule has 0 spiro atoms. The summed E-state index contributed by atoms with van der Waals surface area (Å²) in [4.78, 5) is 14.4. The lowest BCUT2D eigenvalue weighted by Gasteiger charge is -2.32. The van der Waals surface area contributed by atoms with Gasteiger partial charge < -0.3 is 9.64 Å². The zero-order chi connectivity index (χ0) is 17.8. The summed E-state index contributed by atoms with van der Waals surface area (Å²) in [5, 5.41) is 0. The number of nitrogens with zero attached hydrogens (tertiary/aromatic N) is 1. The van der Waals surface area contributed by atoms with Crippen LogP contribution in [0, 0.1) is 11.6 Å². The second-order valence-electron chi connectivity index (χ2n) is 6.07. The van der Waals surface area contributed by atoms with Crippen molar-refractivity contribution < 1.29 is 18.3 Å². The molecular formula is C19H18BrF2NO2. The van der Waals surface area contributed by atoms with Gasteiger partial charge in [-0.1, -0.05) is 22.0 Å². The van der Waals surface area contributed by atoms with E-state index in [9.17, 15) is 13.6 Å². The molecule has 0 bridgehead atoms. The van der Waals surface area contributed by atoms with Crippen LogP contribution in [0.4, 0.5) is 8.78 Å². The van der Waals surface area contributed by atoms with Crippen molar-refractivity contribution in [3.63, 3.8) is 0 Å². The molecule has 1 atom stereocenters. The Morgan fingerprint density at radius 1 is 1.24 bits per heavy atom. The van der Waals surface area contributed by atoms with Gasteiger partial charge in [0.05, 0.1) is 12.7 Å². The number of halogens is 3. The number of likely N-dealkylation sites (tertiary alicyclic amines) is 1. The molecular weight excluding hydrogens is 392 g/mol. The highest BCUT2D eigenvalue weighted by Crippen LogP contribution is 2.20. The minimum Gasteiger partial charge on any atom is -0.372 e. The number of ether oxygens (including phenoxy) is 1. The van der Waals surface area contributed by atoms with Gasteiger partial charge in [0.2, 0.25) is 0 Å². The first kappa shape index (κ1) is 18.0. The number of amides is 1. The van der Waals surface area contributed by atoms with E-state index in [0.29, 0.717) is 18.7 Å². The van der Waals surface area contributed by atoms with Crippen LogP contribution in [0.25, 0.3) is 0 Å². The number of carbonyl (C=O) groups excluding carboxylic acids is 1. The lowest BCUT2D eigenvalue weighted by molar-refractivity contribution is -0.00769. The summed E-state index contributed by atoms with van der Waals surface area (Å²) < 4.78 is 33.5. The summed E-state index contributed by atoms with van der Waals surface area (Å²) in [5.74, 6) is -1.03. The maximum atomic E-state index is 13.7. The molecule has 0 radical (unpaired) electrons. The molecule has 1 amide bonds. The van der Waals surface area contributed by atoms with E-state index in [2.05, 4.69) is 15.9 Å². The number of piperidine rings is 1. The Morgan fingerprint density at radius 3 is 2.88 bits per heavy atom. The minimum absolute atomic E-state index is 0.00677. The molecule has 0 saturated carbocycles. The fourth-order valence-electron chi connectivity index (χ4n) is 2.92. The van der Waals surface area contributed by atoms with Crippen molar-refractivity contribution in [1.82, 2.24) is 4.90 Å². The number of carbonyl (C=O) groups is 1. The van der Waals surface area contributed by atoms with E-state index in [-0.39, 0.29) is 24.2 Å². The Labute approximate surface area is 153 Å². The average Bonchev–Trinajstić information content (AvgIpc) is 2.62. The molecule has 0 aliphatic carbocycles. The Bertz CT molecular complexity index is 769. The van der Waals surface area contributed by atoms with Crippen LogP contribution in [-0.4, -0.2) is 30.0 Å². The molecule has 0 aromatic heterocycles. The molecule has 2 aromatic rings. The zero-order valence-corrected chi connectivity index (χ0v) is 15.1. The van der Waals surface area contributed by atoms with E-state index in [0.717, 1.165) is 35.5 Å². The third-order valence-electron chi connectivity index (χ3n) is 4.22. The Balaban J connectivity index is 1.61. The van der Waals surface area contributed by atoms with Crippen LogP contribution in [0.1, 0.15) is 28.8 Å². The SMILES string of the molecule is O=C(c1cccc(Br)c1)N1CCC[C@@H](OCc2cc(F)ccc2F)C1. The maximum absolute atomic E-state index is 13.7. The Hall–Kier alpha value is -1.79. The van der Waals surface area contributed by atoms with Crippen LogP contribution >= 0.6 is 15.9 Å². The third-order valence-corrected chi connectivity index (χ3v) is 4.71. The second-order valence-corrected chi connectivity index (χ2v) is 6.99. The van der Waals surface area contributed by atoms with Crippen molar-refractivity contribution in [1.29, 1.82) is 0 Å². The van der Waals surface area contributed by atoms with Gasteiger partial charge in [-0.15, -0.1) is 0 Å². The number of benzene rings is 2.